The molecule has 1 rings (SSSR count). The van der Waals surface area contributed by atoms with Gasteiger partial charge in [-0.1, -0.05) is 38.4 Å². The van der Waals surface area contributed by atoms with Crippen LogP contribution in [0.15, 0.2) is 18.2 Å². The normalized spacial score (nSPS) is 15.2. The van der Waals surface area contributed by atoms with Gasteiger partial charge in [0, 0.05) is 11.4 Å². The molecule has 1 aromatic carbocycles. The molecule has 90 valence electrons. The summed E-state index contributed by atoms with van der Waals surface area (Å²) in [7, 11) is 0. The van der Waals surface area contributed by atoms with Crippen molar-refractivity contribution in [3.8, 4) is 0 Å². The molecule has 1 nitrogen and oxygen atoms in total. The second-order valence-corrected chi connectivity index (χ2v) is 5.05. The lowest BCUT2D eigenvalue weighted by Crippen LogP contribution is -2.24. The van der Waals surface area contributed by atoms with E-state index in [-0.39, 0.29) is 11.7 Å². The molecular formula is C13H18ClFO. The molecule has 2 atom stereocenters. The quantitative estimate of drug-likeness (QED) is 0.857. The Labute approximate surface area is 101 Å². The van der Waals surface area contributed by atoms with Crippen LogP contribution in [-0.2, 0) is 6.42 Å². The standard InChI is InChI=1S/C13H18ClFO/c1-8(2)9(3)13(16)6-10-4-5-11(14)7-12(10)15/h4-5,7-9,13,16H,6H2,1-3H3. The average molecular weight is 245 g/mol. The predicted octanol–water partition coefficient (Wildman–Crippen LogP) is 3.67. The first-order valence-corrected chi connectivity index (χ1v) is 5.91. The van der Waals surface area contributed by atoms with Crippen LogP contribution in [-0.4, -0.2) is 11.2 Å². The zero-order valence-corrected chi connectivity index (χ0v) is 10.6. The minimum absolute atomic E-state index is 0.148. The second kappa shape index (κ2) is 5.65. The zero-order valence-electron chi connectivity index (χ0n) is 9.87. The van der Waals surface area contributed by atoms with Gasteiger partial charge >= 0.3 is 0 Å². The number of hydrogen-bond donors (Lipinski definition) is 1. The summed E-state index contributed by atoms with van der Waals surface area (Å²) >= 11 is 5.66. The van der Waals surface area contributed by atoms with Crippen molar-refractivity contribution in [1.82, 2.24) is 0 Å². The van der Waals surface area contributed by atoms with Crippen molar-refractivity contribution in [1.29, 1.82) is 0 Å². The molecule has 1 aromatic rings. The molecule has 0 fully saturated rings. The first-order chi connectivity index (χ1) is 7.41. The SMILES string of the molecule is CC(C)C(C)C(O)Cc1ccc(Cl)cc1F. The largest absolute Gasteiger partial charge is 0.392 e. The van der Waals surface area contributed by atoms with Crippen LogP contribution in [0.5, 0.6) is 0 Å². The van der Waals surface area contributed by atoms with Crippen LogP contribution in [0.1, 0.15) is 26.3 Å². The van der Waals surface area contributed by atoms with Crippen molar-refractivity contribution >= 4 is 11.6 Å². The fourth-order valence-corrected chi connectivity index (χ4v) is 1.70. The minimum atomic E-state index is -0.518. The highest BCUT2D eigenvalue weighted by Crippen LogP contribution is 2.21. The molecule has 0 aromatic heterocycles. The molecule has 0 aliphatic carbocycles. The lowest BCUT2D eigenvalue weighted by atomic mass is 9.89. The number of aliphatic hydroxyl groups is 1. The lowest BCUT2D eigenvalue weighted by Gasteiger charge is -2.22. The van der Waals surface area contributed by atoms with Gasteiger partial charge in [-0.25, -0.2) is 4.39 Å². The molecule has 3 heteroatoms. The van der Waals surface area contributed by atoms with Gasteiger partial charge < -0.3 is 5.11 Å². The average Bonchev–Trinajstić information content (AvgIpc) is 2.20. The van der Waals surface area contributed by atoms with E-state index >= 15 is 0 Å². The summed E-state index contributed by atoms with van der Waals surface area (Å²) in [5, 5.41) is 10.3. The monoisotopic (exact) mass is 244 g/mol. The molecule has 16 heavy (non-hydrogen) atoms. The molecule has 0 radical (unpaired) electrons. The summed E-state index contributed by atoms with van der Waals surface area (Å²) in [6, 6.07) is 4.56. The van der Waals surface area contributed by atoms with Gasteiger partial charge in [0.25, 0.3) is 0 Å². The van der Waals surface area contributed by atoms with Crippen LogP contribution in [0.4, 0.5) is 4.39 Å². The Hall–Kier alpha value is -0.600. The van der Waals surface area contributed by atoms with Gasteiger partial charge in [-0.3, -0.25) is 0 Å². The van der Waals surface area contributed by atoms with Crippen molar-refractivity contribution in [2.75, 3.05) is 0 Å². The fraction of sp³-hybridized carbons (Fsp3) is 0.538. The molecule has 0 spiro atoms. The van der Waals surface area contributed by atoms with Crippen LogP contribution >= 0.6 is 11.6 Å². The van der Waals surface area contributed by atoms with Crippen molar-refractivity contribution in [3.63, 3.8) is 0 Å². The summed E-state index contributed by atoms with van der Waals surface area (Å²) in [6.07, 6.45) is -0.182. The summed E-state index contributed by atoms with van der Waals surface area (Å²) in [5.41, 5.74) is 0.518. The minimum Gasteiger partial charge on any atom is -0.392 e. The van der Waals surface area contributed by atoms with Crippen LogP contribution in [0.3, 0.4) is 0 Å². The molecule has 2 unspecified atom stereocenters. The summed E-state index contributed by atoms with van der Waals surface area (Å²) in [4.78, 5) is 0. The fourth-order valence-electron chi connectivity index (χ4n) is 1.54. The lowest BCUT2D eigenvalue weighted by molar-refractivity contribution is 0.0913. The summed E-state index contributed by atoms with van der Waals surface area (Å²) in [6.45, 7) is 6.07. The van der Waals surface area contributed by atoms with Gasteiger partial charge in [-0.2, -0.15) is 0 Å². The van der Waals surface area contributed by atoms with Crippen molar-refractivity contribution in [2.24, 2.45) is 11.8 Å². The van der Waals surface area contributed by atoms with Gasteiger partial charge in [0.2, 0.25) is 0 Å². The highest BCUT2D eigenvalue weighted by Gasteiger charge is 2.19. The second-order valence-electron chi connectivity index (χ2n) is 4.61. The number of rotatable bonds is 4. The third kappa shape index (κ3) is 3.46. The van der Waals surface area contributed by atoms with E-state index in [0.717, 1.165) is 0 Å². The van der Waals surface area contributed by atoms with Crippen molar-refractivity contribution in [3.05, 3.63) is 34.6 Å². The molecule has 0 aliphatic rings. The van der Waals surface area contributed by atoms with Crippen LogP contribution in [0.2, 0.25) is 5.02 Å². The molecular weight excluding hydrogens is 227 g/mol. The van der Waals surface area contributed by atoms with Gasteiger partial charge in [-0.05, 0) is 29.5 Å². The number of benzene rings is 1. The Kier molecular flexibility index (Phi) is 4.75. The van der Waals surface area contributed by atoms with Crippen LogP contribution < -0.4 is 0 Å². The molecule has 0 bridgehead atoms. The Morgan fingerprint density at radius 3 is 2.44 bits per heavy atom. The molecule has 0 saturated heterocycles. The summed E-state index contributed by atoms with van der Waals surface area (Å²) < 4.78 is 13.5. The molecule has 1 N–H and O–H groups in total. The number of halogens is 2. The van der Waals surface area contributed by atoms with Gasteiger partial charge in [0.05, 0.1) is 6.10 Å². The van der Waals surface area contributed by atoms with E-state index < -0.39 is 6.10 Å². The first-order valence-electron chi connectivity index (χ1n) is 5.53. The maximum atomic E-state index is 13.5. The van der Waals surface area contributed by atoms with E-state index in [2.05, 4.69) is 0 Å². The maximum absolute atomic E-state index is 13.5. The molecule has 0 heterocycles. The van der Waals surface area contributed by atoms with E-state index in [1.54, 1.807) is 12.1 Å². The third-order valence-electron chi connectivity index (χ3n) is 3.10. The van der Waals surface area contributed by atoms with Crippen molar-refractivity contribution in [2.45, 2.75) is 33.3 Å². The molecule has 0 saturated carbocycles. The third-order valence-corrected chi connectivity index (χ3v) is 3.34. The molecule has 0 amide bonds. The van der Waals surface area contributed by atoms with Gasteiger partial charge in [-0.15, -0.1) is 0 Å². The summed E-state index contributed by atoms with van der Waals surface area (Å²) in [5.74, 6) is 0.183. The first kappa shape index (κ1) is 13.5. The number of hydrogen-bond acceptors (Lipinski definition) is 1. The maximum Gasteiger partial charge on any atom is 0.127 e. The van der Waals surface area contributed by atoms with Gasteiger partial charge in [0.15, 0.2) is 0 Å². The van der Waals surface area contributed by atoms with E-state index in [1.165, 1.54) is 6.07 Å². The Morgan fingerprint density at radius 1 is 1.31 bits per heavy atom. The van der Waals surface area contributed by atoms with E-state index in [1.807, 2.05) is 20.8 Å². The molecule has 0 aliphatic heterocycles. The highest BCUT2D eigenvalue weighted by atomic mass is 35.5. The van der Waals surface area contributed by atoms with Crippen LogP contribution in [0, 0.1) is 17.7 Å². The van der Waals surface area contributed by atoms with E-state index in [4.69, 9.17) is 11.6 Å². The Morgan fingerprint density at radius 2 is 1.94 bits per heavy atom. The van der Waals surface area contributed by atoms with E-state index in [9.17, 15) is 9.50 Å². The van der Waals surface area contributed by atoms with Crippen LogP contribution in [0.25, 0.3) is 0 Å². The Balaban J connectivity index is 2.73. The highest BCUT2D eigenvalue weighted by molar-refractivity contribution is 6.30. The number of aliphatic hydroxyl groups excluding tert-OH is 1. The van der Waals surface area contributed by atoms with Gasteiger partial charge in [0.1, 0.15) is 5.82 Å². The zero-order chi connectivity index (χ0) is 12.3. The topological polar surface area (TPSA) is 20.2 Å². The predicted molar refractivity (Wildman–Crippen MR) is 65.1 cm³/mol. The Bertz CT molecular complexity index is 352. The smallest absolute Gasteiger partial charge is 0.127 e. The van der Waals surface area contributed by atoms with E-state index in [0.29, 0.717) is 22.9 Å². The van der Waals surface area contributed by atoms with Crippen molar-refractivity contribution < 1.29 is 9.50 Å².